The number of para-hydroxylation sites is 2. The molecule has 1 amide bonds. The predicted octanol–water partition coefficient (Wildman–Crippen LogP) is 4.62. The number of nitrogens with zero attached hydrogens (tertiary/aromatic N) is 3. The number of aromatic nitrogens is 3. The van der Waals surface area contributed by atoms with Gasteiger partial charge in [-0.25, -0.2) is 14.4 Å². The summed E-state index contributed by atoms with van der Waals surface area (Å²) in [6.45, 7) is 0.517. The Kier molecular flexibility index (Phi) is 4.14. The van der Waals surface area contributed by atoms with Gasteiger partial charge in [-0.2, -0.15) is 0 Å². The van der Waals surface area contributed by atoms with Crippen molar-refractivity contribution in [2.75, 3.05) is 6.54 Å². The number of hydrogen-bond acceptors (Lipinski definition) is 5. The monoisotopic (exact) mass is 432 g/mol. The van der Waals surface area contributed by atoms with Crippen molar-refractivity contribution in [3.8, 4) is 0 Å². The molecule has 0 unspecified atom stereocenters. The fraction of sp³-hybridized carbons (Fsp3) is 0.174. The minimum absolute atomic E-state index is 0.0568. The van der Waals surface area contributed by atoms with Gasteiger partial charge in [0, 0.05) is 24.0 Å². The van der Waals surface area contributed by atoms with Gasteiger partial charge < -0.3 is 14.3 Å². The molecule has 0 saturated carbocycles. The number of amides is 1. The molecular weight excluding hydrogens is 415 g/mol. The molecule has 0 saturated heterocycles. The first-order valence-corrected chi connectivity index (χ1v) is 10.8. The van der Waals surface area contributed by atoms with Crippen molar-refractivity contribution in [3.63, 3.8) is 0 Å². The van der Waals surface area contributed by atoms with Gasteiger partial charge in [0.15, 0.2) is 11.4 Å². The van der Waals surface area contributed by atoms with Crippen molar-refractivity contribution in [3.05, 3.63) is 82.8 Å². The molecule has 3 aromatic heterocycles. The number of fused-ring (bicyclic) bond motifs is 3. The number of hydrogen-bond donors (Lipinski definition) is 1. The molecule has 1 aliphatic heterocycles. The largest absolute Gasteiger partial charge is 0.455 e. The number of carbonyl (C=O) groups excluding carboxylic acids is 1. The third-order valence-corrected chi connectivity index (χ3v) is 6.71. The van der Waals surface area contributed by atoms with Crippen LogP contribution in [0.25, 0.3) is 21.2 Å². The van der Waals surface area contributed by atoms with E-state index in [2.05, 4.69) is 15.0 Å². The van der Waals surface area contributed by atoms with Gasteiger partial charge in [-0.15, -0.1) is 11.3 Å². The molecule has 1 atom stereocenters. The highest BCUT2D eigenvalue weighted by Gasteiger charge is 2.36. The molecular formula is C23H17FN4O2S. The lowest BCUT2D eigenvalue weighted by molar-refractivity contribution is -0.133. The highest BCUT2D eigenvalue weighted by molar-refractivity contribution is 7.18. The maximum absolute atomic E-state index is 14.2. The van der Waals surface area contributed by atoms with Crippen LogP contribution >= 0.6 is 11.3 Å². The van der Waals surface area contributed by atoms with Crippen LogP contribution in [-0.2, 0) is 17.6 Å². The molecule has 1 aliphatic rings. The van der Waals surface area contributed by atoms with Gasteiger partial charge in [0.2, 0.25) is 5.91 Å². The van der Waals surface area contributed by atoms with E-state index >= 15 is 0 Å². The van der Waals surface area contributed by atoms with Crippen molar-refractivity contribution in [2.24, 2.45) is 0 Å². The quantitative estimate of drug-likeness (QED) is 0.451. The van der Waals surface area contributed by atoms with Gasteiger partial charge in [-0.3, -0.25) is 4.79 Å². The Bertz CT molecular complexity index is 1400. The van der Waals surface area contributed by atoms with Crippen molar-refractivity contribution in [1.82, 2.24) is 19.9 Å². The lowest BCUT2D eigenvalue weighted by Gasteiger charge is -2.33. The van der Waals surface area contributed by atoms with E-state index in [1.54, 1.807) is 29.4 Å². The Balaban J connectivity index is 1.39. The second-order valence-corrected chi connectivity index (χ2v) is 8.68. The minimum atomic E-state index is -0.510. The highest BCUT2D eigenvalue weighted by Crippen LogP contribution is 2.37. The number of aromatic amines is 1. The molecule has 154 valence electrons. The van der Waals surface area contributed by atoms with Crippen LogP contribution in [0, 0.1) is 5.82 Å². The molecule has 5 aromatic rings. The molecule has 0 aliphatic carbocycles. The Morgan fingerprint density at radius 3 is 3.03 bits per heavy atom. The standard InChI is InChI=1S/C23H17FN4O2S/c24-14-5-3-4-13-10-17(30-23(13)14)22-21-16(25-12-26-21)8-9-28(22)20(29)11-19-27-15-6-1-2-7-18(15)31-19/h1-7,10,12,22H,8-9,11H2,(H,25,26)/t22-/m0/s1. The average molecular weight is 432 g/mol. The van der Waals surface area contributed by atoms with E-state index < -0.39 is 11.9 Å². The van der Waals surface area contributed by atoms with Crippen molar-refractivity contribution in [1.29, 1.82) is 0 Å². The molecule has 0 spiro atoms. The Hall–Kier alpha value is -3.52. The molecule has 6 rings (SSSR count). The van der Waals surface area contributed by atoms with Gasteiger partial charge in [0.25, 0.3) is 0 Å². The SMILES string of the molecule is O=C(Cc1nc2ccccc2s1)N1CCc2[nH]cnc2[C@@H]1c1cc2cccc(F)c2o1. The summed E-state index contributed by atoms with van der Waals surface area (Å²) in [5.41, 5.74) is 2.80. The summed E-state index contributed by atoms with van der Waals surface area (Å²) in [6.07, 6.45) is 2.50. The number of benzene rings is 2. The number of H-pyrrole nitrogens is 1. The number of imidazole rings is 1. The fourth-order valence-electron chi connectivity index (χ4n) is 4.24. The van der Waals surface area contributed by atoms with E-state index in [0.717, 1.165) is 26.6 Å². The van der Waals surface area contributed by atoms with Crippen molar-refractivity contribution < 1.29 is 13.6 Å². The molecule has 1 N–H and O–H groups in total. The van der Waals surface area contributed by atoms with Gasteiger partial charge >= 0.3 is 0 Å². The van der Waals surface area contributed by atoms with Gasteiger partial charge in [0.1, 0.15) is 16.8 Å². The molecule has 2 aromatic carbocycles. The first-order valence-electron chi connectivity index (χ1n) is 10.0. The van der Waals surface area contributed by atoms with E-state index in [-0.39, 0.29) is 17.9 Å². The van der Waals surface area contributed by atoms with Crippen LogP contribution in [-0.4, -0.2) is 32.3 Å². The first kappa shape index (κ1) is 18.3. The third-order valence-electron chi connectivity index (χ3n) is 5.67. The normalized spacial score (nSPS) is 16.2. The van der Waals surface area contributed by atoms with E-state index in [4.69, 9.17) is 4.42 Å². The van der Waals surface area contributed by atoms with Gasteiger partial charge in [-0.05, 0) is 24.3 Å². The zero-order valence-corrected chi connectivity index (χ0v) is 17.2. The molecule has 6 nitrogen and oxygen atoms in total. The lowest BCUT2D eigenvalue weighted by atomic mass is 9.99. The number of rotatable bonds is 3. The molecule has 8 heteroatoms. The summed E-state index contributed by atoms with van der Waals surface area (Å²) in [5.74, 6) is 0.0265. The molecule has 31 heavy (non-hydrogen) atoms. The van der Waals surface area contributed by atoms with Crippen LogP contribution < -0.4 is 0 Å². The summed E-state index contributed by atoms with van der Waals surface area (Å²) >= 11 is 1.53. The molecule has 0 fully saturated rings. The van der Waals surface area contributed by atoms with Crippen molar-refractivity contribution >= 4 is 38.4 Å². The van der Waals surface area contributed by atoms with E-state index in [1.807, 2.05) is 24.3 Å². The lowest BCUT2D eigenvalue weighted by Crippen LogP contribution is -2.41. The minimum Gasteiger partial charge on any atom is -0.455 e. The second-order valence-electron chi connectivity index (χ2n) is 7.57. The number of thiazole rings is 1. The Morgan fingerprint density at radius 1 is 1.26 bits per heavy atom. The maximum Gasteiger partial charge on any atom is 0.230 e. The second kappa shape index (κ2) is 7.02. The van der Waals surface area contributed by atoms with Gasteiger partial charge in [-0.1, -0.05) is 24.3 Å². The van der Waals surface area contributed by atoms with Gasteiger partial charge in [0.05, 0.1) is 28.7 Å². The van der Waals surface area contributed by atoms with Crippen LogP contribution in [0.1, 0.15) is 28.2 Å². The van der Waals surface area contributed by atoms with Crippen molar-refractivity contribution in [2.45, 2.75) is 18.9 Å². The highest BCUT2D eigenvalue weighted by atomic mass is 32.1. The molecule has 0 radical (unpaired) electrons. The summed E-state index contributed by atoms with van der Waals surface area (Å²) in [5, 5.41) is 1.43. The molecule has 4 heterocycles. The van der Waals surface area contributed by atoms with Crippen LogP contribution in [0.4, 0.5) is 4.39 Å². The Morgan fingerprint density at radius 2 is 2.16 bits per heavy atom. The van der Waals surface area contributed by atoms with Crippen LogP contribution in [0.5, 0.6) is 0 Å². The van der Waals surface area contributed by atoms with Crippen LogP contribution in [0.15, 0.2) is 59.3 Å². The summed E-state index contributed by atoms with van der Waals surface area (Å²) < 4.78 is 21.2. The van der Waals surface area contributed by atoms with E-state index in [1.165, 1.54) is 17.4 Å². The zero-order valence-electron chi connectivity index (χ0n) is 16.3. The average Bonchev–Trinajstić information content (AvgIpc) is 3.50. The fourth-order valence-corrected chi connectivity index (χ4v) is 5.20. The number of nitrogens with one attached hydrogen (secondary N) is 1. The van der Waals surface area contributed by atoms with E-state index in [9.17, 15) is 9.18 Å². The topological polar surface area (TPSA) is 75.0 Å². The summed E-state index contributed by atoms with van der Waals surface area (Å²) in [4.78, 5) is 27.4. The smallest absolute Gasteiger partial charge is 0.230 e. The number of halogens is 1. The zero-order chi connectivity index (χ0) is 20.9. The van der Waals surface area contributed by atoms with Crippen LogP contribution in [0.3, 0.4) is 0 Å². The number of carbonyl (C=O) groups is 1. The maximum atomic E-state index is 14.2. The summed E-state index contributed by atoms with van der Waals surface area (Å²) in [6, 6.07) is 14.0. The van der Waals surface area contributed by atoms with Crippen LogP contribution in [0.2, 0.25) is 0 Å². The first-order chi connectivity index (χ1) is 15.2. The predicted molar refractivity (Wildman–Crippen MR) is 115 cm³/mol. The third kappa shape index (κ3) is 3.02. The Labute approximate surface area is 180 Å². The summed E-state index contributed by atoms with van der Waals surface area (Å²) in [7, 11) is 0. The van der Waals surface area contributed by atoms with E-state index in [0.29, 0.717) is 24.1 Å². The molecule has 0 bridgehead atoms. The number of furan rings is 1.